The van der Waals surface area contributed by atoms with Crippen molar-refractivity contribution < 1.29 is 9.15 Å². The fourth-order valence-corrected chi connectivity index (χ4v) is 2.39. The third-order valence-corrected chi connectivity index (χ3v) is 3.49. The van der Waals surface area contributed by atoms with Gasteiger partial charge in [0.25, 0.3) is 0 Å². The van der Waals surface area contributed by atoms with Crippen molar-refractivity contribution in [3.8, 4) is 5.75 Å². The molecule has 2 nitrogen and oxygen atoms in total. The summed E-state index contributed by atoms with van der Waals surface area (Å²) < 4.78 is 12.4. The molecule has 1 aromatic heterocycles. The number of rotatable bonds is 3. The predicted octanol–water partition coefficient (Wildman–Crippen LogP) is 5.08. The van der Waals surface area contributed by atoms with E-state index >= 15 is 0 Å². The minimum atomic E-state index is 0.507. The summed E-state index contributed by atoms with van der Waals surface area (Å²) in [5.41, 5.74) is 3.13. The molecule has 0 radical (unpaired) electrons. The molecule has 0 bridgehead atoms. The lowest BCUT2D eigenvalue weighted by Crippen LogP contribution is -1.94. The average Bonchev–Trinajstić information content (AvgIpc) is 2.79. The fraction of sp³-hybridized carbons (Fsp3) is 0.125. The molecule has 0 unspecified atom stereocenters. The highest BCUT2D eigenvalue weighted by Crippen LogP contribution is 2.26. The first-order valence-corrected chi connectivity index (χ1v) is 6.87. The molecule has 0 saturated heterocycles. The molecule has 2 aromatic carbocycles. The minimum absolute atomic E-state index is 0.507. The predicted molar refractivity (Wildman–Crippen MR) is 79.4 cm³/mol. The largest absolute Gasteiger partial charge is 0.489 e. The van der Waals surface area contributed by atoms with Crippen LogP contribution in [0, 0.1) is 6.92 Å². The van der Waals surface area contributed by atoms with Crippen LogP contribution in [0.2, 0.25) is 0 Å². The van der Waals surface area contributed by atoms with E-state index in [4.69, 9.17) is 9.15 Å². The maximum absolute atomic E-state index is 5.80. The van der Waals surface area contributed by atoms with Crippen LogP contribution in [0.1, 0.15) is 11.1 Å². The van der Waals surface area contributed by atoms with Crippen molar-refractivity contribution in [1.82, 2.24) is 0 Å². The minimum Gasteiger partial charge on any atom is -0.489 e. The Morgan fingerprint density at radius 3 is 2.89 bits per heavy atom. The monoisotopic (exact) mass is 316 g/mol. The Hall–Kier alpha value is -1.74. The SMILES string of the molecule is Cc1cccc(OCc2coc3ccc(Br)cc23)c1. The smallest absolute Gasteiger partial charge is 0.134 e. The number of benzene rings is 2. The molecule has 3 aromatic rings. The Morgan fingerprint density at radius 2 is 2.05 bits per heavy atom. The second-order valence-corrected chi connectivity index (χ2v) is 5.42. The summed E-state index contributed by atoms with van der Waals surface area (Å²) in [6, 6.07) is 14.0. The molecule has 19 heavy (non-hydrogen) atoms. The molecule has 0 aliphatic heterocycles. The van der Waals surface area contributed by atoms with Gasteiger partial charge in [-0.2, -0.15) is 0 Å². The fourth-order valence-electron chi connectivity index (χ4n) is 2.03. The molecule has 0 aliphatic rings. The molecular formula is C16H13BrO2. The van der Waals surface area contributed by atoms with Crippen molar-refractivity contribution in [2.45, 2.75) is 13.5 Å². The number of hydrogen-bond acceptors (Lipinski definition) is 2. The van der Waals surface area contributed by atoms with Gasteiger partial charge < -0.3 is 9.15 Å². The Labute approximate surface area is 120 Å². The van der Waals surface area contributed by atoms with E-state index in [1.807, 2.05) is 36.4 Å². The van der Waals surface area contributed by atoms with Crippen LogP contribution in [0.5, 0.6) is 5.75 Å². The first kappa shape index (κ1) is 12.3. The van der Waals surface area contributed by atoms with E-state index in [1.54, 1.807) is 6.26 Å². The molecular weight excluding hydrogens is 304 g/mol. The quantitative estimate of drug-likeness (QED) is 0.672. The van der Waals surface area contributed by atoms with Crippen molar-refractivity contribution >= 4 is 26.9 Å². The van der Waals surface area contributed by atoms with Gasteiger partial charge in [0.05, 0.1) is 6.26 Å². The zero-order valence-electron chi connectivity index (χ0n) is 10.5. The van der Waals surface area contributed by atoms with Crippen LogP contribution in [0.15, 0.2) is 57.6 Å². The van der Waals surface area contributed by atoms with Gasteiger partial charge in [-0.3, -0.25) is 0 Å². The van der Waals surface area contributed by atoms with E-state index < -0.39 is 0 Å². The van der Waals surface area contributed by atoms with E-state index in [2.05, 4.69) is 28.9 Å². The Bertz CT molecular complexity index is 716. The van der Waals surface area contributed by atoms with Gasteiger partial charge in [-0.1, -0.05) is 28.1 Å². The van der Waals surface area contributed by atoms with Gasteiger partial charge in [0.15, 0.2) is 0 Å². The normalized spacial score (nSPS) is 10.8. The summed E-state index contributed by atoms with van der Waals surface area (Å²) in [4.78, 5) is 0. The highest BCUT2D eigenvalue weighted by Gasteiger charge is 2.07. The van der Waals surface area contributed by atoms with Crippen LogP contribution in [0.4, 0.5) is 0 Å². The molecule has 1 heterocycles. The van der Waals surface area contributed by atoms with Crippen molar-refractivity contribution in [1.29, 1.82) is 0 Å². The molecule has 0 amide bonds. The third-order valence-electron chi connectivity index (χ3n) is 3.00. The van der Waals surface area contributed by atoms with Crippen LogP contribution in [0.3, 0.4) is 0 Å². The summed E-state index contributed by atoms with van der Waals surface area (Å²) in [5.74, 6) is 0.879. The standard InChI is InChI=1S/C16H13BrO2/c1-11-3-2-4-14(7-11)18-9-12-10-19-16-6-5-13(17)8-15(12)16/h2-8,10H,9H2,1H3. The number of furan rings is 1. The average molecular weight is 317 g/mol. The van der Waals surface area contributed by atoms with Crippen LogP contribution >= 0.6 is 15.9 Å². The van der Waals surface area contributed by atoms with Crippen molar-refractivity contribution in [3.63, 3.8) is 0 Å². The Balaban J connectivity index is 1.84. The summed E-state index contributed by atoms with van der Waals surface area (Å²) in [7, 11) is 0. The zero-order chi connectivity index (χ0) is 13.2. The molecule has 96 valence electrons. The van der Waals surface area contributed by atoms with E-state index in [-0.39, 0.29) is 0 Å². The topological polar surface area (TPSA) is 22.4 Å². The van der Waals surface area contributed by atoms with Gasteiger partial charge in [-0.15, -0.1) is 0 Å². The first-order chi connectivity index (χ1) is 9.22. The summed E-state index contributed by atoms with van der Waals surface area (Å²) in [5, 5.41) is 1.09. The zero-order valence-corrected chi connectivity index (χ0v) is 12.1. The van der Waals surface area contributed by atoms with E-state index in [9.17, 15) is 0 Å². The Morgan fingerprint density at radius 1 is 1.16 bits per heavy atom. The maximum atomic E-state index is 5.80. The summed E-state index contributed by atoms with van der Waals surface area (Å²) in [6.45, 7) is 2.56. The summed E-state index contributed by atoms with van der Waals surface area (Å²) >= 11 is 3.47. The number of fused-ring (bicyclic) bond motifs is 1. The van der Waals surface area contributed by atoms with Crippen molar-refractivity contribution in [2.24, 2.45) is 0 Å². The lowest BCUT2D eigenvalue weighted by Gasteiger charge is -2.05. The summed E-state index contributed by atoms with van der Waals surface area (Å²) in [6.07, 6.45) is 1.76. The number of aryl methyl sites for hydroxylation is 1. The van der Waals surface area contributed by atoms with E-state index in [0.29, 0.717) is 6.61 Å². The van der Waals surface area contributed by atoms with Crippen molar-refractivity contribution in [3.05, 3.63) is 64.3 Å². The molecule has 3 heteroatoms. The number of hydrogen-bond donors (Lipinski definition) is 0. The Kier molecular flexibility index (Phi) is 3.30. The van der Waals surface area contributed by atoms with Gasteiger partial charge in [-0.25, -0.2) is 0 Å². The second kappa shape index (κ2) is 5.10. The lowest BCUT2D eigenvalue weighted by atomic mass is 10.2. The highest BCUT2D eigenvalue weighted by atomic mass is 79.9. The van der Waals surface area contributed by atoms with Crippen molar-refractivity contribution in [2.75, 3.05) is 0 Å². The molecule has 3 rings (SSSR count). The van der Waals surface area contributed by atoms with Crippen LogP contribution < -0.4 is 4.74 Å². The lowest BCUT2D eigenvalue weighted by molar-refractivity contribution is 0.306. The van der Waals surface area contributed by atoms with Crippen LogP contribution in [-0.2, 0) is 6.61 Å². The molecule has 0 aliphatic carbocycles. The van der Waals surface area contributed by atoms with Gasteiger partial charge >= 0.3 is 0 Å². The molecule has 0 fully saturated rings. The molecule has 0 saturated carbocycles. The molecule has 0 spiro atoms. The number of ether oxygens (including phenoxy) is 1. The molecule has 0 atom stereocenters. The maximum Gasteiger partial charge on any atom is 0.134 e. The van der Waals surface area contributed by atoms with Gasteiger partial charge in [0.1, 0.15) is 17.9 Å². The van der Waals surface area contributed by atoms with Gasteiger partial charge in [0.2, 0.25) is 0 Å². The van der Waals surface area contributed by atoms with Gasteiger partial charge in [0, 0.05) is 15.4 Å². The molecule has 0 N–H and O–H groups in total. The third kappa shape index (κ3) is 2.66. The second-order valence-electron chi connectivity index (χ2n) is 4.51. The van der Waals surface area contributed by atoms with E-state index in [0.717, 1.165) is 26.8 Å². The first-order valence-electron chi connectivity index (χ1n) is 6.07. The number of halogens is 1. The van der Waals surface area contributed by atoms with Crippen LogP contribution in [0.25, 0.3) is 11.0 Å². The highest BCUT2D eigenvalue weighted by molar-refractivity contribution is 9.10. The van der Waals surface area contributed by atoms with Gasteiger partial charge in [-0.05, 0) is 42.8 Å². The van der Waals surface area contributed by atoms with E-state index in [1.165, 1.54) is 5.56 Å². The van der Waals surface area contributed by atoms with Crippen LogP contribution in [-0.4, -0.2) is 0 Å².